The van der Waals surface area contributed by atoms with Gasteiger partial charge in [-0.15, -0.1) is 0 Å². The number of hydrogen-bond acceptors (Lipinski definition) is 3. The van der Waals surface area contributed by atoms with Crippen molar-refractivity contribution >= 4 is 54.3 Å². The SMILES string of the molecule is Cc1cc(C)c(Nc2ccnc3cc(Br)cnc23)c(Br)c1. The molecule has 3 rings (SSSR count). The third-order valence-corrected chi connectivity index (χ3v) is 4.29. The van der Waals surface area contributed by atoms with E-state index in [9.17, 15) is 0 Å². The van der Waals surface area contributed by atoms with Gasteiger partial charge in [-0.2, -0.15) is 0 Å². The van der Waals surface area contributed by atoms with Crippen LogP contribution in [-0.2, 0) is 0 Å². The van der Waals surface area contributed by atoms with Crippen LogP contribution in [0.2, 0.25) is 0 Å². The molecule has 0 bridgehead atoms. The number of benzene rings is 1. The first-order valence-corrected chi connectivity index (χ1v) is 8.07. The van der Waals surface area contributed by atoms with Crippen LogP contribution in [0.5, 0.6) is 0 Å². The zero-order valence-corrected chi connectivity index (χ0v) is 14.8. The minimum absolute atomic E-state index is 0.854. The number of pyridine rings is 2. The van der Waals surface area contributed by atoms with Gasteiger partial charge in [0, 0.05) is 21.3 Å². The summed E-state index contributed by atoms with van der Waals surface area (Å²) < 4.78 is 1.97. The third kappa shape index (κ3) is 2.94. The molecule has 3 aromatic rings. The van der Waals surface area contributed by atoms with Crippen LogP contribution in [0.15, 0.2) is 45.6 Å². The highest BCUT2D eigenvalue weighted by Gasteiger charge is 2.09. The summed E-state index contributed by atoms with van der Waals surface area (Å²) in [5.74, 6) is 0. The number of rotatable bonds is 2. The van der Waals surface area contributed by atoms with Gasteiger partial charge < -0.3 is 5.32 Å². The number of aryl methyl sites for hydroxylation is 2. The van der Waals surface area contributed by atoms with Crippen molar-refractivity contribution in [3.8, 4) is 0 Å². The van der Waals surface area contributed by atoms with E-state index in [-0.39, 0.29) is 0 Å². The van der Waals surface area contributed by atoms with Crippen molar-refractivity contribution in [3.63, 3.8) is 0 Å². The van der Waals surface area contributed by atoms with E-state index in [0.29, 0.717) is 0 Å². The van der Waals surface area contributed by atoms with Crippen LogP contribution in [0.25, 0.3) is 11.0 Å². The van der Waals surface area contributed by atoms with Gasteiger partial charge in [-0.1, -0.05) is 6.07 Å². The maximum absolute atomic E-state index is 4.47. The van der Waals surface area contributed by atoms with Gasteiger partial charge in [0.15, 0.2) is 0 Å². The second-order valence-electron chi connectivity index (χ2n) is 4.94. The third-order valence-electron chi connectivity index (χ3n) is 3.24. The lowest BCUT2D eigenvalue weighted by Gasteiger charge is -2.14. The molecule has 0 fully saturated rings. The molecule has 0 atom stereocenters. The van der Waals surface area contributed by atoms with Gasteiger partial charge in [0.1, 0.15) is 5.52 Å². The number of halogens is 2. The van der Waals surface area contributed by atoms with E-state index in [1.807, 2.05) is 12.1 Å². The summed E-state index contributed by atoms with van der Waals surface area (Å²) in [5, 5.41) is 3.47. The van der Waals surface area contributed by atoms with Crippen LogP contribution in [0.1, 0.15) is 11.1 Å². The number of hydrogen-bond donors (Lipinski definition) is 1. The van der Waals surface area contributed by atoms with E-state index < -0.39 is 0 Å². The quantitative estimate of drug-likeness (QED) is 0.609. The van der Waals surface area contributed by atoms with Crippen LogP contribution in [-0.4, -0.2) is 9.97 Å². The molecule has 0 spiro atoms. The molecule has 2 heterocycles. The zero-order valence-electron chi connectivity index (χ0n) is 11.6. The molecular weight excluding hydrogens is 394 g/mol. The van der Waals surface area contributed by atoms with Gasteiger partial charge in [-0.3, -0.25) is 9.97 Å². The van der Waals surface area contributed by atoms with Crippen molar-refractivity contribution in [1.82, 2.24) is 9.97 Å². The molecule has 5 heteroatoms. The van der Waals surface area contributed by atoms with E-state index >= 15 is 0 Å². The Labute approximate surface area is 140 Å². The molecule has 0 unspecified atom stereocenters. The van der Waals surface area contributed by atoms with Gasteiger partial charge in [0.2, 0.25) is 0 Å². The standard InChI is InChI=1S/C16H13Br2N3/c1-9-5-10(2)15(12(18)6-9)21-13-3-4-19-14-7-11(17)8-20-16(13)14/h3-8H,1-2H3,(H,19,21). The summed E-state index contributed by atoms with van der Waals surface area (Å²) in [7, 11) is 0. The summed E-state index contributed by atoms with van der Waals surface area (Å²) in [5.41, 5.74) is 6.12. The molecule has 3 nitrogen and oxygen atoms in total. The van der Waals surface area contributed by atoms with Crippen molar-refractivity contribution in [2.24, 2.45) is 0 Å². The Hall–Kier alpha value is -1.46. The topological polar surface area (TPSA) is 37.8 Å². The molecule has 1 N–H and O–H groups in total. The highest BCUT2D eigenvalue weighted by atomic mass is 79.9. The molecule has 0 aliphatic carbocycles. The average Bonchev–Trinajstić information content (AvgIpc) is 2.42. The lowest BCUT2D eigenvalue weighted by atomic mass is 10.1. The summed E-state index contributed by atoms with van der Waals surface area (Å²) >= 11 is 7.05. The summed E-state index contributed by atoms with van der Waals surface area (Å²) in [6, 6.07) is 8.16. The monoisotopic (exact) mass is 405 g/mol. The molecule has 2 aromatic heterocycles. The lowest BCUT2D eigenvalue weighted by molar-refractivity contribution is 1.31. The average molecular weight is 407 g/mol. The molecule has 0 saturated heterocycles. The van der Waals surface area contributed by atoms with Crippen molar-refractivity contribution in [1.29, 1.82) is 0 Å². The first-order chi connectivity index (χ1) is 10.0. The molecule has 0 aliphatic rings. The number of fused-ring (bicyclic) bond motifs is 1. The van der Waals surface area contributed by atoms with Gasteiger partial charge in [0.25, 0.3) is 0 Å². The number of nitrogens with zero attached hydrogens (tertiary/aromatic N) is 2. The Morgan fingerprint density at radius 2 is 1.86 bits per heavy atom. The van der Waals surface area contributed by atoms with E-state index in [2.05, 4.69) is 73.1 Å². The predicted octanol–water partition coefficient (Wildman–Crippen LogP) is 5.52. The second-order valence-corrected chi connectivity index (χ2v) is 6.71. The van der Waals surface area contributed by atoms with Crippen LogP contribution in [0.3, 0.4) is 0 Å². The van der Waals surface area contributed by atoms with Crippen molar-refractivity contribution < 1.29 is 0 Å². The van der Waals surface area contributed by atoms with Crippen LogP contribution >= 0.6 is 31.9 Å². The van der Waals surface area contributed by atoms with Crippen molar-refractivity contribution in [2.75, 3.05) is 5.32 Å². The normalized spacial score (nSPS) is 10.9. The number of nitrogens with one attached hydrogen (secondary N) is 1. The lowest BCUT2D eigenvalue weighted by Crippen LogP contribution is -1.98. The fraction of sp³-hybridized carbons (Fsp3) is 0.125. The predicted molar refractivity (Wildman–Crippen MR) is 94.1 cm³/mol. The Morgan fingerprint density at radius 3 is 2.62 bits per heavy atom. The summed E-state index contributed by atoms with van der Waals surface area (Å²) in [6.45, 7) is 4.18. The molecule has 1 aromatic carbocycles. The number of anilines is 2. The largest absolute Gasteiger partial charge is 0.353 e. The summed E-state index contributed by atoms with van der Waals surface area (Å²) in [6.07, 6.45) is 3.57. The Bertz CT molecular complexity index is 808. The van der Waals surface area contributed by atoms with Gasteiger partial charge in [0.05, 0.1) is 16.9 Å². The Kier molecular flexibility index (Phi) is 3.95. The van der Waals surface area contributed by atoms with Crippen molar-refractivity contribution in [2.45, 2.75) is 13.8 Å². The van der Waals surface area contributed by atoms with E-state index in [1.54, 1.807) is 12.4 Å². The maximum atomic E-state index is 4.47. The Balaban J connectivity index is 2.11. The van der Waals surface area contributed by atoms with Crippen LogP contribution in [0.4, 0.5) is 11.4 Å². The first kappa shape index (κ1) is 14.5. The minimum Gasteiger partial charge on any atom is -0.353 e. The molecule has 0 amide bonds. The molecule has 106 valence electrons. The minimum atomic E-state index is 0.854. The van der Waals surface area contributed by atoms with E-state index in [0.717, 1.165) is 31.4 Å². The van der Waals surface area contributed by atoms with Crippen molar-refractivity contribution in [3.05, 3.63) is 56.7 Å². The Morgan fingerprint density at radius 1 is 1.05 bits per heavy atom. The second kappa shape index (κ2) is 5.73. The van der Waals surface area contributed by atoms with Crippen LogP contribution in [0, 0.1) is 13.8 Å². The van der Waals surface area contributed by atoms with Crippen LogP contribution < -0.4 is 5.32 Å². The highest BCUT2D eigenvalue weighted by molar-refractivity contribution is 9.10. The first-order valence-electron chi connectivity index (χ1n) is 6.48. The molecule has 0 aliphatic heterocycles. The zero-order chi connectivity index (χ0) is 15.0. The number of aromatic nitrogens is 2. The van der Waals surface area contributed by atoms with E-state index in [4.69, 9.17) is 0 Å². The smallest absolute Gasteiger partial charge is 0.112 e. The van der Waals surface area contributed by atoms with Gasteiger partial charge in [-0.05, 0) is 75.0 Å². The molecule has 21 heavy (non-hydrogen) atoms. The molecular formula is C16H13Br2N3. The highest BCUT2D eigenvalue weighted by Crippen LogP contribution is 2.32. The van der Waals surface area contributed by atoms with E-state index in [1.165, 1.54) is 11.1 Å². The fourth-order valence-corrected chi connectivity index (χ4v) is 3.41. The van der Waals surface area contributed by atoms with Gasteiger partial charge >= 0.3 is 0 Å². The molecule has 0 saturated carbocycles. The maximum Gasteiger partial charge on any atom is 0.112 e. The molecule has 0 radical (unpaired) electrons. The summed E-state index contributed by atoms with van der Waals surface area (Å²) in [4.78, 5) is 8.83. The fourth-order valence-electron chi connectivity index (χ4n) is 2.32. The van der Waals surface area contributed by atoms with Gasteiger partial charge in [-0.25, -0.2) is 0 Å².